The van der Waals surface area contributed by atoms with Crippen molar-refractivity contribution in [2.75, 3.05) is 13.1 Å². The van der Waals surface area contributed by atoms with E-state index in [0.29, 0.717) is 12.1 Å². The number of nitrogens with one attached hydrogen (secondary N) is 1. The van der Waals surface area contributed by atoms with Gasteiger partial charge < -0.3 is 5.32 Å². The Labute approximate surface area is 115 Å². The first-order valence-corrected chi connectivity index (χ1v) is 8.04. The predicted molar refractivity (Wildman–Crippen MR) is 80.9 cm³/mol. The van der Waals surface area contributed by atoms with Crippen LogP contribution in [0.25, 0.3) is 0 Å². The summed E-state index contributed by atoms with van der Waals surface area (Å²) in [7, 11) is 0. The first kappa shape index (κ1) is 16.0. The van der Waals surface area contributed by atoms with Gasteiger partial charge in [0, 0.05) is 18.1 Å². The number of hydrogen-bond acceptors (Lipinski definition) is 2. The Hall–Kier alpha value is -0.0800. The maximum absolute atomic E-state index is 3.75. The van der Waals surface area contributed by atoms with Crippen LogP contribution in [0.4, 0.5) is 0 Å². The van der Waals surface area contributed by atoms with Crippen molar-refractivity contribution in [1.82, 2.24) is 10.2 Å². The van der Waals surface area contributed by atoms with E-state index in [0.717, 1.165) is 24.4 Å². The minimum Gasteiger partial charge on any atom is -0.313 e. The maximum atomic E-state index is 3.75. The summed E-state index contributed by atoms with van der Waals surface area (Å²) in [5.41, 5.74) is 0. The minimum absolute atomic E-state index is 0.683. The van der Waals surface area contributed by atoms with Crippen LogP contribution in [-0.4, -0.2) is 36.1 Å². The molecule has 0 aromatic carbocycles. The largest absolute Gasteiger partial charge is 0.313 e. The summed E-state index contributed by atoms with van der Waals surface area (Å²) >= 11 is 0. The number of nitrogens with zero attached hydrogens (tertiary/aromatic N) is 1. The van der Waals surface area contributed by atoms with E-state index >= 15 is 0 Å². The zero-order chi connectivity index (χ0) is 13.7. The molecule has 2 heteroatoms. The van der Waals surface area contributed by atoms with Crippen molar-refractivity contribution in [3.05, 3.63) is 0 Å². The van der Waals surface area contributed by atoms with Gasteiger partial charge >= 0.3 is 0 Å². The molecule has 0 saturated heterocycles. The standard InChI is InChI=1S/C16H34N2/c1-7-14(6)18(9-3)16-13(5)10-12(4)11-15(16)17-8-2/h12-17H,7-11H2,1-6H3. The topological polar surface area (TPSA) is 15.3 Å². The van der Waals surface area contributed by atoms with Crippen molar-refractivity contribution in [2.24, 2.45) is 11.8 Å². The van der Waals surface area contributed by atoms with Crippen LogP contribution in [0.3, 0.4) is 0 Å². The smallest absolute Gasteiger partial charge is 0.0277 e. The van der Waals surface area contributed by atoms with Crippen molar-refractivity contribution < 1.29 is 0 Å². The highest BCUT2D eigenvalue weighted by Crippen LogP contribution is 2.33. The highest BCUT2D eigenvalue weighted by Gasteiger charge is 2.37. The van der Waals surface area contributed by atoms with Gasteiger partial charge in [0.25, 0.3) is 0 Å². The number of rotatable bonds is 6. The summed E-state index contributed by atoms with van der Waals surface area (Å²) in [6.07, 6.45) is 3.99. The molecule has 1 saturated carbocycles. The Kier molecular flexibility index (Phi) is 6.65. The Morgan fingerprint density at radius 2 is 1.83 bits per heavy atom. The molecular weight excluding hydrogens is 220 g/mol. The molecule has 5 atom stereocenters. The summed E-state index contributed by atoms with van der Waals surface area (Å²) in [6, 6.07) is 2.11. The zero-order valence-corrected chi connectivity index (χ0v) is 13.4. The molecule has 0 spiro atoms. The van der Waals surface area contributed by atoms with Gasteiger partial charge in [-0.2, -0.15) is 0 Å². The summed E-state index contributed by atoms with van der Waals surface area (Å²) < 4.78 is 0. The van der Waals surface area contributed by atoms with E-state index in [1.54, 1.807) is 0 Å². The molecule has 1 rings (SSSR count). The van der Waals surface area contributed by atoms with Crippen molar-refractivity contribution in [2.45, 2.75) is 78.9 Å². The third-order valence-corrected chi connectivity index (χ3v) is 4.80. The van der Waals surface area contributed by atoms with Crippen LogP contribution in [-0.2, 0) is 0 Å². The third-order valence-electron chi connectivity index (χ3n) is 4.80. The van der Waals surface area contributed by atoms with Crippen LogP contribution in [0.15, 0.2) is 0 Å². The van der Waals surface area contributed by atoms with E-state index < -0.39 is 0 Å². The summed E-state index contributed by atoms with van der Waals surface area (Å²) in [5.74, 6) is 1.68. The molecule has 0 aliphatic heterocycles. The summed E-state index contributed by atoms with van der Waals surface area (Å²) in [5, 5.41) is 3.75. The molecule has 2 nitrogen and oxygen atoms in total. The molecule has 1 aliphatic carbocycles. The van der Waals surface area contributed by atoms with Gasteiger partial charge in [-0.15, -0.1) is 0 Å². The van der Waals surface area contributed by atoms with Gasteiger partial charge in [0.05, 0.1) is 0 Å². The lowest BCUT2D eigenvalue weighted by molar-refractivity contribution is 0.0381. The number of likely N-dealkylation sites (N-methyl/N-ethyl adjacent to an activating group) is 2. The quantitative estimate of drug-likeness (QED) is 0.780. The fraction of sp³-hybridized carbons (Fsp3) is 1.00. The Bertz CT molecular complexity index is 229. The zero-order valence-electron chi connectivity index (χ0n) is 13.4. The summed E-state index contributed by atoms with van der Waals surface area (Å²) in [6.45, 7) is 16.4. The molecular formula is C16H34N2. The first-order chi connectivity index (χ1) is 8.54. The molecule has 0 amide bonds. The molecule has 5 unspecified atom stereocenters. The van der Waals surface area contributed by atoms with Crippen LogP contribution >= 0.6 is 0 Å². The molecule has 1 aliphatic rings. The van der Waals surface area contributed by atoms with E-state index in [9.17, 15) is 0 Å². The van der Waals surface area contributed by atoms with E-state index in [4.69, 9.17) is 0 Å². The predicted octanol–water partition coefficient (Wildman–Crippen LogP) is 3.52. The molecule has 18 heavy (non-hydrogen) atoms. The fourth-order valence-electron chi connectivity index (χ4n) is 3.91. The lowest BCUT2D eigenvalue weighted by atomic mass is 9.75. The molecule has 108 valence electrons. The normalized spacial score (nSPS) is 34.8. The van der Waals surface area contributed by atoms with E-state index in [-0.39, 0.29) is 0 Å². The van der Waals surface area contributed by atoms with Gasteiger partial charge in [-0.25, -0.2) is 0 Å². The van der Waals surface area contributed by atoms with Crippen molar-refractivity contribution in [3.63, 3.8) is 0 Å². The Morgan fingerprint density at radius 1 is 1.17 bits per heavy atom. The molecule has 0 aromatic heterocycles. The van der Waals surface area contributed by atoms with E-state index in [1.807, 2.05) is 0 Å². The second-order valence-electron chi connectivity index (χ2n) is 6.30. The maximum Gasteiger partial charge on any atom is 0.0277 e. The molecule has 0 bridgehead atoms. The Morgan fingerprint density at radius 3 is 2.33 bits per heavy atom. The van der Waals surface area contributed by atoms with Gasteiger partial charge in [0.2, 0.25) is 0 Å². The lowest BCUT2D eigenvalue weighted by Gasteiger charge is -2.48. The SMILES string of the molecule is CCNC1CC(C)CC(C)C1N(CC)C(C)CC. The third kappa shape index (κ3) is 3.71. The van der Waals surface area contributed by atoms with Crippen LogP contribution < -0.4 is 5.32 Å². The average Bonchev–Trinajstić information content (AvgIpc) is 2.33. The highest BCUT2D eigenvalue weighted by molar-refractivity contribution is 4.94. The van der Waals surface area contributed by atoms with Gasteiger partial charge in [-0.3, -0.25) is 4.90 Å². The van der Waals surface area contributed by atoms with Crippen LogP contribution in [0, 0.1) is 11.8 Å². The average molecular weight is 254 g/mol. The molecule has 0 heterocycles. The Balaban J connectivity index is 2.84. The highest BCUT2D eigenvalue weighted by atomic mass is 15.2. The van der Waals surface area contributed by atoms with Gasteiger partial charge in [-0.05, 0) is 51.1 Å². The van der Waals surface area contributed by atoms with Gasteiger partial charge in [-0.1, -0.05) is 34.6 Å². The molecule has 0 radical (unpaired) electrons. The minimum atomic E-state index is 0.683. The summed E-state index contributed by atoms with van der Waals surface area (Å²) in [4.78, 5) is 2.74. The molecule has 0 aromatic rings. The van der Waals surface area contributed by atoms with Crippen LogP contribution in [0.2, 0.25) is 0 Å². The monoisotopic (exact) mass is 254 g/mol. The van der Waals surface area contributed by atoms with Crippen LogP contribution in [0.5, 0.6) is 0 Å². The van der Waals surface area contributed by atoms with E-state index in [1.165, 1.54) is 25.8 Å². The second-order valence-corrected chi connectivity index (χ2v) is 6.30. The number of hydrogen-bond donors (Lipinski definition) is 1. The van der Waals surface area contributed by atoms with Crippen molar-refractivity contribution in [3.8, 4) is 0 Å². The second kappa shape index (κ2) is 7.49. The first-order valence-electron chi connectivity index (χ1n) is 8.04. The van der Waals surface area contributed by atoms with E-state index in [2.05, 4.69) is 51.8 Å². The molecule has 1 N–H and O–H groups in total. The van der Waals surface area contributed by atoms with Crippen LogP contribution in [0.1, 0.15) is 60.8 Å². The lowest BCUT2D eigenvalue weighted by Crippen LogP contribution is -2.58. The van der Waals surface area contributed by atoms with Crippen molar-refractivity contribution >= 4 is 0 Å². The van der Waals surface area contributed by atoms with Gasteiger partial charge in [0.1, 0.15) is 0 Å². The van der Waals surface area contributed by atoms with Crippen molar-refractivity contribution in [1.29, 1.82) is 0 Å². The molecule has 1 fully saturated rings. The fourth-order valence-corrected chi connectivity index (χ4v) is 3.91. The van der Waals surface area contributed by atoms with Gasteiger partial charge in [0.15, 0.2) is 0 Å².